The number of hydrogen-bond donors (Lipinski definition) is 1. The van der Waals surface area contributed by atoms with Gasteiger partial charge in [-0.2, -0.15) is 0 Å². The summed E-state index contributed by atoms with van der Waals surface area (Å²) in [5.41, 5.74) is 3.27. The van der Waals surface area contributed by atoms with Gasteiger partial charge in [-0.15, -0.1) is 0 Å². The first-order valence-corrected chi connectivity index (χ1v) is 7.26. The van der Waals surface area contributed by atoms with Crippen LogP contribution >= 0.6 is 0 Å². The number of benzene rings is 1. The number of amides is 1. The van der Waals surface area contributed by atoms with Crippen LogP contribution in [0.15, 0.2) is 18.2 Å². The van der Waals surface area contributed by atoms with E-state index >= 15 is 0 Å². The van der Waals surface area contributed by atoms with Crippen LogP contribution in [0.2, 0.25) is 0 Å². The molecule has 0 aromatic heterocycles. The molecule has 2 heterocycles. The fraction of sp³-hybridized carbons (Fsp3) is 0.562. The van der Waals surface area contributed by atoms with Gasteiger partial charge in [0.15, 0.2) is 0 Å². The van der Waals surface area contributed by atoms with Crippen LogP contribution in [0.3, 0.4) is 0 Å². The Kier molecular flexibility index (Phi) is 3.31. The van der Waals surface area contributed by atoms with E-state index in [0.717, 1.165) is 25.1 Å². The van der Waals surface area contributed by atoms with Crippen molar-refractivity contribution in [2.45, 2.75) is 45.2 Å². The van der Waals surface area contributed by atoms with Crippen molar-refractivity contribution in [2.24, 2.45) is 0 Å². The van der Waals surface area contributed by atoms with Crippen molar-refractivity contribution >= 4 is 5.91 Å². The highest BCUT2D eigenvalue weighted by atomic mass is 16.2. The van der Waals surface area contributed by atoms with Crippen LogP contribution < -0.4 is 5.32 Å². The first kappa shape index (κ1) is 12.7. The quantitative estimate of drug-likeness (QED) is 0.838. The van der Waals surface area contributed by atoms with Crippen LogP contribution in [0, 0.1) is 13.8 Å². The zero-order chi connectivity index (χ0) is 13.4. The maximum Gasteiger partial charge on any atom is 0.253 e. The Morgan fingerprint density at radius 1 is 1.16 bits per heavy atom. The minimum Gasteiger partial charge on any atom is -0.337 e. The minimum atomic E-state index is 0.192. The van der Waals surface area contributed by atoms with Gasteiger partial charge < -0.3 is 10.2 Å². The van der Waals surface area contributed by atoms with E-state index in [-0.39, 0.29) is 5.91 Å². The predicted octanol–water partition coefficient (Wildman–Crippen LogP) is 2.27. The van der Waals surface area contributed by atoms with Crippen molar-refractivity contribution in [1.82, 2.24) is 10.2 Å². The van der Waals surface area contributed by atoms with Crippen LogP contribution in [-0.2, 0) is 0 Å². The smallest absolute Gasteiger partial charge is 0.253 e. The monoisotopic (exact) mass is 258 g/mol. The van der Waals surface area contributed by atoms with Crippen molar-refractivity contribution < 1.29 is 4.79 Å². The second kappa shape index (κ2) is 4.97. The molecule has 0 radical (unpaired) electrons. The van der Waals surface area contributed by atoms with Crippen molar-refractivity contribution in [3.05, 3.63) is 34.9 Å². The third-order valence-electron chi connectivity index (χ3n) is 4.56. The molecule has 2 fully saturated rings. The largest absolute Gasteiger partial charge is 0.337 e. The van der Waals surface area contributed by atoms with Crippen molar-refractivity contribution in [2.75, 3.05) is 13.1 Å². The zero-order valence-corrected chi connectivity index (χ0v) is 11.8. The van der Waals surface area contributed by atoms with E-state index in [0.29, 0.717) is 12.1 Å². The lowest BCUT2D eigenvalue weighted by Crippen LogP contribution is -2.39. The number of aryl methyl sites for hydroxylation is 2. The molecule has 1 N–H and O–H groups in total. The molecule has 2 saturated heterocycles. The molecule has 2 unspecified atom stereocenters. The summed E-state index contributed by atoms with van der Waals surface area (Å²) in [5, 5.41) is 3.62. The zero-order valence-electron chi connectivity index (χ0n) is 11.8. The molecule has 19 heavy (non-hydrogen) atoms. The maximum absolute atomic E-state index is 12.6. The number of fused-ring (bicyclic) bond motifs is 2. The van der Waals surface area contributed by atoms with E-state index < -0.39 is 0 Å². The summed E-state index contributed by atoms with van der Waals surface area (Å²) >= 11 is 0. The van der Waals surface area contributed by atoms with Gasteiger partial charge in [0, 0.05) is 30.7 Å². The molecule has 1 aromatic carbocycles. The molecule has 2 atom stereocenters. The van der Waals surface area contributed by atoms with E-state index in [2.05, 4.69) is 19.2 Å². The molecule has 3 nitrogen and oxygen atoms in total. The SMILES string of the molecule is Cc1ccc(C(=O)N2CCC3CCC(C2)N3)cc1C. The lowest BCUT2D eigenvalue weighted by molar-refractivity contribution is 0.0748. The van der Waals surface area contributed by atoms with Gasteiger partial charge in [0.05, 0.1) is 0 Å². The van der Waals surface area contributed by atoms with Crippen LogP contribution in [0.25, 0.3) is 0 Å². The Morgan fingerprint density at radius 3 is 2.74 bits per heavy atom. The summed E-state index contributed by atoms with van der Waals surface area (Å²) in [7, 11) is 0. The number of carbonyl (C=O) groups is 1. The minimum absolute atomic E-state index is 0.192. The van der Waals surface area contributed by atoms with Crippen molar-refractivity contribution in [1.29, 1.82) is 0 Å². The Balaban J connectivity index is 1.77. The van der Waals surface area contributed by atoms with E-state index in [1.54, 1.807) is 0 Å². The van der Waals surface area contributed by atoms with Gasteiger partial charge in [-0.25, -0.2) is 0 Å². The summed E-state index contributed by atoms with van der Waals surface area (Å²) in [4.78, 5) is 14.6. The molecule has 2 bridgehead atoms. The lowest BCUT2D eigenvalue weighted by Gasteiger charge is -2.24. The van der Waals surface area contributed by atoms with Gasteiger partial charge in [0.2, 0.25) is 0 Å². The standard InChI is InChI=1S/C16H22N2O/c1-11-3-4-13(9-12(11)2)16(19)18-8-7-14-5-6-15(10-18)17-14/h3-4,9,14-15,17H,5-8,10H2,1-2H3. The van der Waals surface area contributed by atoms with Gasteiger partial charge in [-0.1, -0.05) is 6.07 Å². The molecule has 1 aromatic rings. The Bertz CT molecular complexity index is 498. The van der Waals surface area contributed by atoms with E-state index in [9.17, 15) is 4.79 Å². The number of carbonyl (C=O) groups excluding carboxylic acids is 1. The summed E-state index contributed by atoms with van der Waals surface area (Å²) in [5.74, 6) is 0.192. The Labute approximate surface area is 115 Å². The van der Waals surface area contributed by atoms with Crippen LogP contribution in [0.5, 0.6) is 0 Å². The molecule has 2 aliphatic heterocycles. The fourth-order valence-electron chi connectivity index (χ4n) is 3.18. The summed E-state index contributed by atoms with van der Waals surface area (Å²) in [6, 6.07) is 7.16. The average Bonchev–Trinajstić information content (AvgIpc) is 2.72. The molecule has 0 saturated carbocycles. The number of hydrogen-bond acceptors (Lipinski definition) is 2. The van der Waals surface area contributed by atoms with Gasteiger partial charge in [0.25, 0.3) is 5.91 Å². The highest BCUT2D eigenvalue weighted by Crippen LogP contribution is 2.22. The number of rotatable bonds is 1. The summed E-state index contributed by atoms with van der Waals surface area (Å²) < 4.78 is 0. The Hall–Kier alpha value is -1.35. The molecule has 3 rings (SSSR count). The second-order valence-electron chi connectivity index (χ2n) is 5.98. The molecule has 0 spiro atoms. The van der Waals surface area contributed by atoms with E-state index in [1.807, 2.05) is 23.1 Å². The van der Waals surface area contributed by atoms with Crippen molar-refractivity contribution in [3.63, 3.8) is 0 Å². The van der Waals surface area contributed by atoms with Gasteiger partial charge in [0.1, 0.15) is 0 Å². The van der Waals surface area contributed by atoms with Crippen LogP contribution in [0.4, 0.5) is 0 Å². The van der Waals surface area contributed by atoms with E-state index in [4.69, 9.17) is 0 Å². The molecule has 1 amide bonds. The summed E-state index contributed by atoms with van der Waals surface area (Å²) in [6.07, 6.45) is 3.57. The van der Waals surface area contributed by atoms with Gasteiger partial charge in [-0.3, -0.25) is 4.79 Å². The molecule has 2 aliphatic rings. The molecule has 3 heteroatoms. The van der Waals surface area contributed by atoms with Crippen LogP contribution in [-0.4, -0.2) is 36.0 Å². The topological polar surface area (TPSA) is 32.3 Å². The lowest BCUT2D eigenvalue weighted by atomic mass is 10.0. The van der Waals surface area contributed by atoms with Crippen molar-refractivity contribution in [3.8, 4) is 0 Å². The number of likely N-dealkylation sites (tertiary alicyclic amines) is 1. The number of nitrogens with one attached hydrogen (secondary N) is 1. The Morgan fingerprint density at radius 2 is 1.95 bits per heavy atom. The maximum atomic E-state index is 12.6. The molecular formula is C16H22N2O. The third kappa shape index (κ3) is 2.52. The molecule has 102 valence electrons. The third-order valence-corrected chi connectivity index (χ3v) is 4.56. The highest BCUT2D eigenvalue weighted by molar-refractivity contribution is 5.94. The van der Waals surface area contributed by atoms with Crippen LogP contribution in [0.1, 0.15) is 40.7 Å². The van der Waals surface area contributed by atoms with Gasteiger partial charge in [-0.05, 0) is 56.4 Å². The van der Waals surface area contributed by atoms with E-state index in [1.165, 1.54) is 24.0 Å². The first-order chi connectivity index (χ1) is 9.13. The normalized spacial score (nSPS) is 26.3. The summed E-state index contributed by atoms with van der Waals surface area (Å²) in [6.45, 7) is 5.90. The second-order valence-corrected chi connectivity index (χ2v) is 5.98. The highest BCUT2D eigenvalue weighted by Gasteiger charge is 2.31. The number of nitrogens with zero attached hydrogens (tertiary/aromatic N) is 1. The first-order valence-electron chi connectivity index (χ1n) is 7.26. The van der Waals surface area contributed by atoms with Gasteiger partial charge >= 0.3 is 0 Å². The average molecular weight is 258 g/mol. The molecular weight excluding hydrogens is 236 g/mol. The molecule has 0 aliphatic carbocycles. The fourth-order valence-corrected chi connectivity index (χ4v) is 3.18. The predicted molar refractivity (Wildman–Crippen MR) is 76.4 cm³/mol.